The van der Waals surface area contributed by atoms with Crippen LogP contribution in [0.4, 0.5) is 0 Å². The first-order valence-electron chi connectivity index (χ1n) is 10.8. The molecule has 5 nitrogen and oxygen atoms in total. The number of hydrogen-bond acceptors (Lipinski definition) is 5. The summed E-state index contributed by atoms with van der Waals surface area (Å²) in [6.07, 6.45) is 2.72. The number of rotatable bonds is 5. The van der Waals surface area contributed by atoms with E-state index < -0.39 is 6.10 Å². The number of aliphatic hydroxyl groups excluding tert-OH is 1. The minimum atomic E-state index is -0.552. The number of ether oxygens (including phenoxy) is 1. The Morgan fingerprint density at radius 2 is 1.90 bits per heavy atom. The van der Waals surface area contributed by atoms with E-state index in [4.69, 9.17) is 4.74 Å². The molecule has 6 heteroatoms. The van der Waals surface area contributed by atoms with Gasteiger partial charge in [-0.05, 0) is 68.5 Å². The van der Waals surface area contributed by atoms with Gasteiger partial charge in [-0.25, -0.2) is 0 Å². The van der Waals surface area contributed by atoms with Gasteiger partial charge >= 0.3 is 0 Å². The van der Waals surface area contributed by atoms with Crippen molar-refractivity contribution < 1.29 is 14.6 Å². The SMILES string of the molecule is CC(C(O)C1CCc2cc(S)ccc2O1)N1CCC(NC(=O)c2ccccc2)CC1. The summed E-state index contributed by atoms with van der Waals surface area (Å²) in [5, 5.41) is 14.1. The second-order valence-corrected chi connectivity index (χ2v) is 8.88. The van der Waals surface area contributed by atoms with Crippen molar-refractivity contribution in [2.24, 2.45) is 0 Å². The van der Waals surface area contributed by atoms with Crippen LogP contribution in [0.2, 0.25) is 0 Å². The van der Waals surface area contributed by atoms with E-state index >= 15 is 0 Å². The number of piperidine rings is 1. The zero-order chi connectivity index (χ0) is 21.1. The number of thiol groups is 1. The van der Waals surface area contributed by atoms with E-state index in [1.54, 1.807) is 0 Å². The van der Waals surface area contributed by atoms with E-state index in [1.165, 1.54) is 0 Å². The monoisotopic (exact) mass is 426 g/mol. The summed E-state index contributed by atoms with van der Waals surface area (Å²) in [5.74, 6) is 0.846. The van der Waals surface area contributed by atoms with Gasteiger partial charge in [0.1, 0.15) is 18.0 Å². The molecule has 4 rings (SSSR count). The first-order valence-corrected chi connectivity index (χ1v) is 11.2. The predicted octanol–water partition coefficient (Wildman–Crippen LogP) is 3.31. The first kappa shape index (κ1) is 21.2. The summed E-state index contributed by atoms with van der Waals surface area (Å²) < 4.78 is 6.12. The van der Waals surface area contributed by atoms with Crippen LogP contribution in [0.15, 0.2) is 53.4 Å². The number of amides is 1. The molecule has 0 spiro atoms. The molecule has 0 bridgehead atoms. The van der Waals surface area contributed by atoms with E-state index in [0.29, 0.717) is 5.56 Å². The summed E-state index contributed by atoms with van der Waals surface area (Å²) in [4.78, 5) is 15.6. The van der Waals surface area contributed by atoms with Crippen molar-refractivity contribution in [1.82, 2.24) is 10.2 Å². The predicted molar refractivity (Wildman–Crippen MR) is 120 cm³/mol. The number of benzene rings is 2. The number of nitrogens with one attached hydrogen (secondary N) is 1. The Morgan fingerprint density at radius 1 is 1.17 bits per heavy atom. The summed E-state index contributed by atoms with van der Waals surface area (Å²) in [6, 6.07) is 15.4. The summed E-state index contributed by atoms with van der Waals surface area (Å²) in [6.45, 7) is 3.78. The molecule has 1 amide bonds. The molecule has 2 aromatic rings. The van der Waals surface area contributed by atoms with Gasteiger partial charge in [0.25, 0.3) is 5.91 Å². The normalized spacial score (nSPS) is 21.9. The average Bonchev–Trinajstić information content (AvgIpc) is 2.79. The summed E-state index contributed by atoms with van der Waals surface area (Å²) >= 11 is 4.39. The summed E-state index contributed by atoms with van der Waals surface area (Å²) in [7, 11) is 0. The van der Waals surface area contributed by atoms with Gasteiger partial charge in [-0.15, -0.1) is 12.6 Å². The minimum Gasteiger partial charge on any atom is -0.487 e. The van der Waals surface area contributed by atoms with Crippen molar-refractivity contribution in [3.05, 3.63) is 59.7 Å². The largest absolute Gasteiger partial charge is 0.487 e. The van der Waals surface area contributed by atoms with Crippen LogP contribution in [-0.4, -0.2) is 53.3 Å². The molecule has 1 saturated heterocycles. The zero-order valence-electron chi connectivity index (χ0n) is 17.3. The molecule has 1 fully saturated rings. The van der Waals surface area contributed by atoms with Gasteiger partial charge in [-0.3, -0.25) is 9.69 Å². The number of hydrogen-bond donors (Lipinski definition) is 3. The number of fused-ring (bicyclic) bond motifs is 1. The van der Waals surface area contributed by atoms with Gasteiger partial charge in [0.05, 0.1) is 0 Å². The fraction of sp³-hybridized carbons (Fsp3) is 0.458. The molecule has 30 heavy (non-hydrogen) atoms. The number of aryl methyl sites for hydroxylation is 1. The Labute approximate surface area is 183 Å². The van der Waals surface area contributed by atoms with E-state index in [-0.39, 0.29) is 24.1 Å². The van der Waals surface area contributed by atoms with Crippen LogP contribution in [0.25, 0.3) is 0 Å². The van der Waals surface area contributed by atoms with Crippen molar-refractivity contribution >= 4 is 18.5 Å². The smallest absolute Gasteiger partial charge is 0.251 e. The fourth-order valence-corrected chi connectivity index (χ4v) is 4.70. The highest BCUT2D eigenvalue weighted by atomic mass is 32.1. The van der Waals surface area contributed by atoms with Crippen LogP contribution in [0.1, 0.15) is 42.1 Å². The molecule has 2 aromatic carbocycles. The number of nitrogens with zero attached hydrogens (tertiary/aromatic N) is 1. The molecule has 3 atom stereocenters. The highest BCUT2D eigenvalue weighted by Crippen LogP contribution is 2.31. The van der Waals surface area contributed by atoms with Gasteiger partial charge in [0.2, 0.25) is 0 Å². The maximum absolute atomic E-state index is 12.4. The lowest BCUT2D eigenvalue weighted by molar-refractivity contribution is -0.0348. The lowest BCUT2D eigenvalue weighted by atomic mass is 9.94. The fourth-order valence-electron chi connectivity index (χ4n) is 4.47. The topological polar surface area (TPSA) is 61.8 Å². The van der Waals surface area contributed by atoms with Crippen LogP contribution in [0, 0.1) is 0 Å². The van der Waals surface area contributed by atoms with Crippen molar-refractivity contribution in [3.63, 3.8) is 0 Å². The molecule has 0 aliphatic carbocycles. The molecular formula is C24H30N2O3S. The molecule has 2 aliphatic rings. The third-order valence-electron chi connectivity index (χ3n) is 6.37. The van der Waals surface area contributed by atoms with Crippen LogP contribution in [0.3, 0.4) is 0 Å². The molecule has 160 valence electrons. The molecule has 2 aliphatic heterocycles. The van der Waals surface area contributed by atoms with Crippen LogP contribution in [0.5, 0.6) is 5.75 Å². The highest BCUT2D eigenvalue weighted by molar-refractivity contribution is 7.80. The Balaban J connectivity index is 1.28. The van der Waals surface area contributed by atoms with Gasteiger partial charge < -0.3 is 15.2 Å². The molecule has 2 heterocycles. The maximum Gasteiger partial charge on any atom is 0.251 e. The number of carbonyl (C=O) groups excluding carboxylic acids is 1. The first-order chi connectivity index (χ1) is 14.5. The van der Waals surface area contributed by atoms with Crippen LogP contribution >= 0.6 is 12.6 Å². The Morgan fingerprint density at radius 3 is 2.63 bits per heavy atom. The Kier molecular flexibility index (Phi) is 6.66. The quantitative estimate of drug-likeness (QED) is 0.642. The van der Waals surface area contributed by atoms with Gasteiger partial charge in [0.15, 0.2) is 0 Å². The minimum absolute atomic E-state index is 0.00600. The van der Waals surface area contributed by atoms with E-state index in [0.717, 1.165) is 55.0 Å². The van der Waals surface area contributed by atoms with Crippen molar-refractivity contribution in [3.8, 4) is 5.75 Å². The number of carbonyl (C=O) groups is 1. The average molecular weight is 427 g/mol. The Hall–Kier alpha value is -2.02. The van der Waals surface area contributed by atoms with Crippen molar-refractivity contribution in [2.45, 2.75) is 61.8 Å². The summed E-state index contributed by atoms with van der Waals surface area (Å²) in [5.41, 5.74) is 1.86. The van der Waals surface area contributed by atoms with Crippen molar-refractivity contribution in [2.75, 3.05) is 13.1 Å². The van der Waals surface area contributed by atoms with E-state index in [2.05, 4.69) is 29.8 Å². The molecule has 0 radical (unpaired) electrons. The standard InChI is InChI=1S/C24H30N2O3S/c1-16(23(27)22-9-7-18-15-20(30)8-10-21(18)29-22)26-13-11-19(12-14-26)25-24(28)17-5-3-2-4-6-17/h2-6,8,10,15-16,19,22-23,27,30H,7,9,11-14H2,1H3,(H,25,28). The molecule has 3 unspecified atom stereocenters. The van der Waals surface area contributed by atoms with Crippen molar-refractivity contribution in [1.29, 1.82) is 0 Å². The number of likely N-dealkylation sites (tertiary alicyclic amines) is 1. The third kappa shape index (κ3) is 4.82. The second-order valence-electron chi connectivity index (χ2n) is 8.37. The maximum atomic E-state index is 12.4. The van der Waals surface area contributed by atoms with E-state index in [1.807, 2.05) is 48.5 Å². The van der Waals surface area contributed by atoms with Gasteiger partial charge in [-0.1, -0.05) is 18.2 Å². The Bertz CT molecular complexity index is 868. The lowest BCUT2D eigenvalue weighted by Gasteiger charge is -2.41. The van der Waals surface area contributed by atoms with Gasteiger partial charge in [0, 0.05) is 35.6 Å². The second kappa shape index (κ2) is 9.41. The molecule has 0 saturated carbocycles. The molecule has 0 aromatic heterocycles. The van der Waals surface area contributed by atoms with E-state index in [9.17, 15) is 9.90 Å². The molecule has 2 N–H and O–H groups in total. The third-order valence-corrected chi connectivity index (χ3v) is 6.65. The van der Waals surface area contributed by atoms with Gasteiger partial charge in [-0.2, -0.15) is 0 Å². The molecular weight excluding hydrogens is 396 g/mol. The number of aliphatic hydroxyl groups is 1. The van der Waals surface area contributed by atoms with Crippen LogP contribution < -0.4 is 10.1 Å². The lowest BCUT2D eigenvalue weighted by Crippen LogP contribution is -2.54. The highest BCUT2D eigenvalue weighted by Gasteiger charge is 2.34. The zero-order valence-corrected chi connectivity index (χ0v) is 18.2. The van der Waals surface area contributed by atoms with Crippen LogP contribution in [-0.2, 0) is 6.42 Å².